The summed E-state index contributed by atoms with van der Waals surface area (Å²) in [7, 11) is 0. The molecule has 168 valence electrons. The van der Waals surface area contributed by atoms with Gasteiger partial charge in [0.15, 0.2) is 10.6 Å². The summed E-state index contributed by atoms with van der Waals surface area (Å²) in [5.74, 6) is -0.302. The minimum Gasteiger partial charge on any atom is -0.494 e. The number of para-hydroxylation sites is 1. The number of carbonyl (C=O) groups is 1. The number of thiazole rings is 1. The lowest BCUT2D eigenvalue weighted by atomic mass is 9.98. The highest BCUT2D eigenvalue weighted by Gasteiger charge is 2.45. The van der Waals surface area contributed by atoms with Gasteiger partial charge in [0.2, 0.25) is 5.76 Å². The second-order valence-corrected chi connectivity index (χ2v) is 8.87. The highest BCUT2D eigenvalue weighted by molar-refractivity contribution is 7.22. The maximum Gasteiger partial charge on any atom is 0.297 e. The number of fused-ring (bicyclic) bond motifs is 3. The smallest absolute Gasteiger partial charge is 0.297 e. The number of rotatable bonds is 4. The van der Waals surface area contributed by atoms with Crippen LogP contribution in [0.5, 0.6) is 5.75 Å². The van der Waals surface area contributed by atoms with Crippen molar-refractivity contribution in [1.82, 2.24) is 4.98 Å². The lowest BCUT2D eigenvalue weighted by molar-refractivity contribution is 0.0971. The molecule has 0 saturated heterocycles. The molecule has 1 atom stereocenters. The van der Waals surface area contributed by atoms with E-state index in [2.05, 4.69) is 4.98 Å². The number of nitrogens with zero attached hydrogens (tertiary/aromatic N) is 2. The molecule has 6 nitrogen and oxygen atoms in total. The molecule has 8 heteroatoms. The van der Waals surface area contributed by atoms with Gasteiger partial charge in [0.1, 0.15) is 17.1 Å². The first-order chi connectivity index (χ1) is 16.5. The Balaban J connectivity index is 1.59. The van der Waals surface area contributed by atoms with Gasteiger partial charge in [-0.3, -0.25) is 14.5 Å². The third-order valence-electron chi connectivity index (χ3n) is 5.81. The van der Waals surface area contributed by atoms with Crippen LogP contribution >= 0.6 is 11.3 Å². The van der Waals surface area contributed by atoms with Crippen LogP contribution in [0.1, 0.15) is 34.6 Å². The van der Waals surface area contributed by atoms with E-state index in [1.165, 1.54) is 28.4 Å². The van der Waals surface area contributed by atoms with Gasteiger partial charge in [0.05, 0.1) is 33.8 Å². The number of halogens is 1. The summed E-state index contributed by atoms with van der Waals surface area (Å²) in [4.78, 5) is 33.3. The van der Waals surface area contributed by atoms with Crippen LogP contribution < -0.4 is 15.1 Å². The molecule has 6 rings (SSSR count). The van der Waals surface area contributed by atoms with Crippen molar-refractivity contribution in [2.75, 3.05) is 11.5 Å². The molecule has 0 N–H and O–H groups in total. The molecule has 0 bridgehead atoms. The third kappa shape index (κ3) is 3.10. The minimum absolute atomic E-state index is 0.0489. The van der Waals surface area contributed by atoms with Crippen LogP contribution in [0, 0.1) is 5.82 Å². The van der Waals surface area contributed by atoms with Gasteiger partial charge in [-0.15, -0.1) is 0 Å². The maximum atomic E-state index is 14.2. The number of amides is 1. The van der Waals surface area contributed by atoms with E-state index in [1.807, 2.05) is 25.1 Å². The summed E-state index contributed by atoms with van der Waals surface area (Å²) in [5, 5.41) is 0.751. The number of benzene rings is 3. The van der Waals surface area contributed by atoms with Crippen LogP contribution in [0.25, 0.3) is 21.2 Å². The zero-order chi connectivity index (χ0) is 23.4. The monoisotopic (exact) mass is 472 g/mol. The Labute approximate surface area is 196 Å². The number of anilines is 1. The average Bonchev–Trinajstić information content (AvgIpc) is 3.38. The SMILES string of the molecule is CCOc1ccc2nc(N3C(=O)c4oc5ccccc5c(=O)c4[C@H]3c3cccc(F)c3)sc2c1. The van der Waals surface area contributed by atoms with Gasteiger partial charge in [0.25, 0.3) is 5.91 Å². The lowest BCUT2D eigenvalue weighted by Crippen LogP contribution is -2.29. The molecule has 0 aliphatic carbocycles. The zero-order valence-corrected chi connectivity index (χ0v) is 18.8. The molecule has 2 aromatic heterocycles. The number of ether oxygens (including phenoxy) is 1. The Bertz CT molecular complexity index is 1660. The highest BCUT2D eigenvalue weighted by Crippen LogP contribution is 2.44. The molecule has 3 aromatic carbocycles. The fourth-order valence-corrected chi connectivity index (χ4v) is 5.38. The van der Waals surface area contributed by atoms with Crippen LogP contribution in [-0.4, -0.2) is 17.5 Å². The van der Waals surface area contributed by atoms with Gasteiger partial charge in [-0.2, -0.15) is 0 Å². The number of hydrogen-bond acceptors (Lipinski definition) is 6. The van der Waals surface area contributed by atoms with Crippen molar-refractivity contribution in [3.05, 3.63) is 99.7 Å². The van der Waals surface area contributed by atoms with E-state index in [0.29, 0.717) is 39.5 Å². The molecular weight excluding hydrogens is 455 g/mol. The Morgan fingerprint density at radius 3 is 2.76 bits per heavy atom. The topological polar surface area (TPSA) is 72.6 Å². The summed E-state index contributed by atoms with van der Waals surface area (Å²) in [5.41, 5.74) is 1.34. The maximum absolute atomic E-state index is 14.2. The molecule has 0 spiro atoms. The molecule has 34 heavy (non-hydrogen) atoms. The quantitative estimate of drug-likeness (QED) is 0.336. The van der Waals surface area contributed by atoms with Gasteiger partial charge in [-0.25, -0.2) is 9.37 Å². The number of carbonyl (C=O) groups excluding carboxylic acids is 1. The first-order valence-corrected chi connectivity index (χ1v) is 11.5. The van der Waals surface area contributed by atoms with Crippen molar-refractivity contribution >= 4 is 43.6 Å². The predicted octanol–water partition coefficient (Wildman–Crippen LogP) is 5.69. The third-order valence-corrected chi connectivity index (χ3v) is 6.83. The first kappa shape index (κ1) is 20.6. The molecule has 0 unspecified atom stereocenters. The number of hydrogen-bond donors (Lipinski definition) is 0. The lowest BCUT2D eigenvalue weighted by Gasteiger charge is -2.22. The van der Waals surface area contributed by atoms with Crippen LogP contribution in [0.2, 0.25) is 0 Å². The van der Waals surface area contributed by atoms with Crippen molar-refractivity contribution in [3.63, 3.8) is 0 Å². The minimum atomic E-state index is -0.869. The summed E-state index contributed by atoms with van der Waals surface area (Å²) >= 11 is 1.30. The van der Waals surface area contributed by atoms with Gasteiger partial charge in [0, 0.05) is 0 Å². The van der Waals surface area contributed by atoms with E-state index in [-0.39, 0.29) is 16.8 Å². The van der Waals surface area contributed by atoms with Gasteiger partial charge in [-0.05, 0) is 55.0 Å². The molecule has 1 aliphatic rings. The zero-order valence-electron chi connectivity index (χ0n) is 17.9. The molecule has 0 fully saturated rings. The van der Waals surface area contributed by atoms with Crippen LogP contribution in [-0.2, 0) is 0 Å². The standard InChI is InChI=1S/C26H17FN2O4S/c1-2-32-16-10-11-18-20(13-16)34-26(28-18)29-22(14-6-5-7-15(27)12-14)21-23(30)17-8-3-4-9-19(17)33-24(21)25(29)31/h3-13,22H,2H2,1H3/t22-/m1/s1. The van der Waals surface area contributed by atoms with Crippen molar-refractivity contribution in [2.45, 2.75) is 13.0 Å². The van der Waals surface area contributed by atoms with E-state index in [1.54, 1.807) is 36.4 Å². The molecule has 5 aromatic rings. The van der Waals surface area contributed by atoms with E-state index < -0.39 is 17.8 Å². The van der Waals surface area contributed by atoms with Crippen LogP contribution in [0.3, 0.4) is 0 Å². The molecule has 0 radical (unpaired) electrons. The Morgan fingerprint density at radius 2 is 1.94 bits per heavy atom. The average molecular weight is 472 g/mol. The van der Waals surface area contributed by atoms with Crippen molar-refractivity contribution in [1.29, 1.82) is 0 Å². The predicted molar refractivity (Wildman–Crippen MR) is 128 cm³/mol. The molecule has 1 aliphatic heterocycles. The summed E-state index contributed by atoms with van der Waals surface area (Å²) in [6, 6.07) is 17.3. The second-order valence-electron chi connectivity index (χ2n) is 7.86. The van der Waals surface area contributed by atoms with E-state index in [0.717, 1.165) is 4.70 Å². The molecule has 0 saturated carbocycles. The summed E-state index contributed by atoms with van der Waals surface area (Å²) in [6.07, 6.45) is 0. The Kier molecular flexibility index (Phi) is 4.70. The summed E-state index contributed by atoms with van der Waals surface area (Å²) < 4.78 is 26.6. The Hall–Kier alpha value is -4.04. The van der Waals surface area contributed by atoms with Crippen LogP contribution in [0.4, 0.5) is 9.52 Å². The summed E-state index contributed by atoms with van der Waals surface area (Å²) in [6.45, 7) is 2.43. The van der Waals surface area contributed by atoms with Crippen molar-refractivity contribution in [2.24, 2.45) is 0 Å². The van der Waals surface area contributed by atoms with E-state index in [4.69, 9.17) is 9.15 Å². The fraction of sp³-hybridized carbons (Fsp3) is 0.115. The number of aromatic nitrogens is 1. The van der Waals surface area contributed by atoms with Gasteiger partial charge in [-0.1, -0.05) is 35.6 Å². The van der Waals surface area contributed by atoms with E-state index >= 15 is 0 Å². The largest absolute Gasteiger partial charge is 0.494 e. The van der Waals surface area contributed by atoms with Crippen molar-refractivity contribution < 1.29 is 18.3 Å². The molecule has 1 amide bonds. The second kappa shape index (κ2) is 7.78. The van der Waals surface area contributed by atoms with Gasteiger partial charge < -0.3 is 9.15 Å². The first-order valence-electron chi connectivity index (χ1n) is 10.7. The van der Waals surface area contributed by atoms with E-state index in [9.17, 15) is 14.0 Å². The van der Waals surface area contributed by atoms with Crippen LogP contribution in [0.15, 0.2) is 75.9 Å². The fourth-order valence-electron chi connectivity index (χ4n) is 4.36. The Morgan fingerprint density at radius 1 is 1.09 bits per heavy atom. The normalized spacial score (nSPS) is 15.3. The molecule has 3 heterocycles. The molecular formula is C26H17FN2O4S. The van der Waals surface area contributed by atoms with Gasteiger partial charge >= 0.3 is 0 Å². The van der Waals surface area contributed by atoms with Crippen molar-refractivity contribution in [3.8, 4) is 5.75 Å². The highest BCUT2D eigenvalue weighted by atomic mass is 32.1.